The van der Waals surface area contributed by atoms with E-state index in [-0.39, 0.29) is 41.5 Å². The molecular weight excluding hydrogens is 407 g/mol. The van der Waals surface area contributed by atoms with Gasteiger partial charge in [-0.15, -0.1) is 0 Å². The third-order valence-electron chi connectivity index (χ3n) is 5.30. The molecule has 8 heteroatoms. The summed E-state index contributed by atoms with van der Waals surface area (Å²) in [5.41, 5.74) is 0.744. The summed E-state index contributed by atoms with van der Waals surface area (Å²) < 4.78 is 46.2. The topological polar surface area (TPSA) is 75.7 Å². The van der Waals surface area contributed by atoms with Crippen LogP contribution in [-0.4, -0.2) is 45.4 Å². The Morgan fingerprint density at radius 3 is 2.33 bits per heavy atom. The number of hydrogen-bond acceptors (Lipinski definition) is 4. The van der Waals surface area contributed by atoms with Gasteiger partial charge in [-0.05, 0) is 47.9 Å². The molecule has 6 nitrogen and oxygen atoms in total. The molecule has 30 heavy (non-hydrogen) atoms. The first-order chi connectivity index (χ1) is 14.2. The van der Waals surface area contributed by atoms with Crippen molar-refractivity contribution in [3.05, 3.63) is 59.9 Å². The number of rotatable bonds is 7. The van der Waals surface area contributed by atoms with Crippen LogP contribution in [0, 0.1) is 17.7 Å². The molecule has 0 saturated carbocycles. The Morgan fingerprint density at radius 1 is 1.13 bits per heavy atom. The predicted molar refractivity (Wildman–Crippen MR) is 112 cm³/mol. The lowest BCUT2D eigenvalue weighted by Crippen LogP contribution is -2.37. The molecule has 1 aliphatic rings. The van der Waals surface area contributed by atoms with Crippen molar-refractivity contribution in [2.45, 2.75) is 24.7 Å². The molecule has 2 atom stereocenters. The third-order valence-corrected chi connectivity index (χ3v) is 7.15. The lowest BCUT2D eigenvalue weighted by Gasteiger charge is -2.19. The summed E-state index contributed by atoms with van der Waals surface area (Å²) in [7, 11) is -2.28. The molecule has 2 aromatic rings. The van der Waals surface area contributed by atoms with E-state index in [2.05, 4.69) is 5.32 Å². The number of halogens is 1. The van der Waals surface area contributed by atoms with Crippen molar-refractivity contribution in [2.24, 2.45) is 11.8 Å². The Labute approximate surface area is 177 Å². The summed E-state index contributed by atoms with van der Waals surface area (Å²) >= 11 is 0. The first kappa shape index (κ1) is 22.2. The maximum Gasteiger partial charge on any atom is 0.243 e. The van der Waals surface area contributed by atoms with Gasteiger partial charge in [0.25, 0.3) is 0 Å². The second-order valence-electron chi connectivity index (χ2n) is 7.90. The number of nitrogens with zero attached hydrogens (tertiary/aromatic N) is 1. The van der Waals surface area contributed by atoms with E-state index < -0.39 is 15.9 Å². The lowest BCUT2D eigenvalue weighted by atomic mass is 9.88. The number of nitrogens with one attached hydrogen (secondary N) is 1. The summed E-state index contributed by atoms with van der Waals surface area (Å²) in [5, 5.41) is 2.91. The minimum Gasteiger partial charge on any atom is -0.497 e. The normalized spacial score (nSPS) is 19.8. The highest BCUT2D eigenvalue weighted by atomic mass is 32.2. The number of sulfonamides is 1. The Kier molecular flexibility index (Phi) is 6.77. The highest BCUT2D eigenvalue weighted by molar-refractivity contribution is 7.89. The molecule has 0 aliphatic carbocycles. The zero-order valence-corrected chi connectivity index (χ0v) is 18.2. The second-order valence-corrected chi connectivity index (χ2v) is 9.84. The average molecular weight is 435 g/mol. The minimum absolute atomic E-state index is 0.0698. The standard InChI is InChI=1S/C22H27FN2O4S/c1-15(2)12-24-22(26)21-14-25(13-20(21)16-4-6-17(23)7-5-16)30(27,28)19-10-8-18(29-3)9-11-19/h4-11,15,20-21H,12-14H2,1-3H3,(H,24,26)/t20-,21+/m0/s1. The molecule has 2 aromatic carbocycles. The summed E-state index contributed by atoms with van der Waals surface area (Å²) in [6, 6.07) is 12.1. The van der Waals surface area contributed by atoms with Crippen molar-refractivity contribution in [2.75, 3.05) is 26.7 Å². The zero-order valence-electron chi connectivity index (χ0n) is 17.3. The number of methoxy groups -OCH3 is 1. The first-order valence-electron chi connectivity index (χ1n) is 9.89. The van der Waals surface area contributed by atoms with Gasteiger partial charge in [0.15, 0.2) is 0 Å². The molecule has 0 radical (unpaired) electrons. The van der Waals surface area contributed by atoms with E-state index in [1.54, 1.807) is 24.3 Å². The molecule has 162 valence electrons. The second kappa shape index (κ2) is 9.14. The van der Waals surface area contributed by atoms with Crippen molar-refractivity contribution >= 4 is 15.9 Å². The fraction of sp³-hybridized carbons (Fsp3) is 0.409. The molecule has 0 unspecified atom stereocenters. The van der Waals surface area contributed by atoms with E-state index in [9.17, 15) is 17.6 Å². The molecule has 0 bridgehead atoms. The van der Waals surface area contributed by atoms with Crippen LogP contribution in [0.25, 0.3) is 0 Å². The fourth-order valence-electron chi connectivity index (χ4n) is 3.61. The van der Waals surface area contributed by atoms with E-state index in [4.69, 9.17) is 4.74 Å². The largest absolute Gasteiger partial charge is 0.497 e. The van der Waals surface area contributed by atoms with Crippen molar-refractivity contribution in [1.29, 1.82) is 0 Å². The summed E-state index contributed by atoms with van der Waals surface area (Å²) in [4.78, 5) is 13.0. The van der Waals surface area contributed by atoms with Gasteiger partial charge in [0.1, 0.15) is 11.6 Å². The Hall–Kier alpha value is -2.45. The Morgan fingerprint density at radius 2 is 1.77 bits per heavy atom. The van der Waals surface area contributed by atoms with Crippen molar-refractivity contribution in [3.63, 3.8) is 0 Å². The van der Waals surface area contributed by atoms with E-state index >= 15 is 0 Å². The van der Waals surface area contributed by atoms with Crippen molar-refractivity contribution in [1.82, 2.24) is 9.62 Å². The number of amides is 1. The van der Waals surface area contributed by atoms with Crippen molar-refractivity contribution in [3.8, 4) is 5.75 Å². The maximum absolute atomic E-state index is 13.4. The third kappa shape index (κ3) is 4.82. The predicted octanol–water partition coefficient (Wildman–Crippen LogP) is 3.01. The molecule has 1 heterocycles. The first-order valence-corrected chi connectivity index (χ1v) is 11.3. The zero-order chi connectivity index (χ0) is 21.9. The SMILES string of the molecule is COc1ccc(S(=O)(=O)N2C[C@@H](C(=O)NCC(C)C)[C@H](c3ccc(F)cc3)C2)cc1. The van der Waals surface area contributed by atoms with Crippen LogP contribution in [0.4, 0.5) is 4.39 Å². The molecule has 1 N–H and O–H groups in total. The van der Waals surface area contributed by atoms with Crippen LogP contribution in [0.15, 0.2) is 53.4 Å². The van der Waals surface area contributed by atoms with Crippen LogP contribution >= 0.6 is 0 Å². The van der Waals surface area contributed by atoms with Crippen LogP contribution in [0.1, 0.15) is 25.3 Å². The monoisotopic (exact) mass is 434 g/mol. The summed E-state index contributed by atoms with van der Waals surface area (Å²) in [6.07, 6.45) is 0. The Balaban J connectivity index is 1.89. The molecule has 1 aliphatic heterocycles. The molecule has 1 fully saturated rings. The highest BCUT2D eigenvalue weighted by Gasteiger charge is 2.43. The number of hydrogen-bond donors (Lipinski definition) is 1. The molecule has 1 saturated heterocycles. The molecule has 0 aromatic heterocycles. The Bertz CT molecular complexity index is 975. The molecule has 1 amide bonds. The number of benzene rings is 2. The van der Waals surface area contributed by atoms with Gasteiger partial charge in [-0.1, -0.05) is 26.0 Å². The number of ether oxygens (including phenoxy) is 1. The highest BCUT2D eigenvalue weighted by Crippen LogP contribution is 2.36. The minimum atomic E-state index is -3.79. The van der Waals surface area contributed by atoms with Crippen LogP contribution in [-0.2, 0) is 14.8 Å². The maximum atomic E-state index is 13.4. The molecule has 0 spiro atoms. The smallest absolute Gasteiger partial charge is 0.243 e. The molecular formula is C22H27FN2O4S. The van der Waals surface area contributed by atoms with Crippen LogP contribution in [0.3, 0.4) is 0 Å². The van der Waals surface area contributed by atoms with Gasteiger partial charge >= 0.3 is 0 Å². The van der Waals surface area contributed by atoms with Crippen molar-refractivity contribution < 1.29 is 22.3 Å². The van der Waals surface area contributed by atoms with Gasteiger partial charge in [0.2, 0.25) is 15.9 Å². The van der Waals surface area contributed by atoms with Gasteiger partial charge in [0, 0.05) is 25.6 Å². The van der Waals surface area contributed by atoms with Gasteiger partial charge in [0.05, 0.1) is 17.9 Å². The molecule has 3 rings (SSSR count). The van der Waals surface area contributed by atoms with Crippen LogP contribution in [0.5, 0.6) is 5.75 Å². The van der Waals surface area contributed by atoms with Gasteiger partial charge in [-0.25, -0.2) is 12.8 Å². The lowest BCUT2D eigenvalue weighted by molar-refractivity contribution is -0.125. The average Bonchev–Trinajstić information content (AvgIpc) is 3.19. The number of carbonyl (C=O) groups excluding carboxylic acids is 1. The summed E-state index contributed by atoms with van der Waals surface area (Å²) in [6.45, 7) is 4.72. The number of carbonyl (C=O) groups is 1. The quantitative estimate of drug-likeness (QED) is 0.727. The van der Waals surface area contributed by atoms with Crippen LogP contribution in [0.2, 0.25) is 0 Å². The fourth-order valence-corrected chi connectivity index (χ4v) is 5.10. The van der Waals surface area contributed by atoms with Gasteiger partial charge < -0.3 is 10.1 Å². The van der Waals surface area contributed by atoms with E-state index in [0.29, 0.717) is 12.3 Å². The van der Waals surface area contributed by atoms with Crippen LogP contribution < -0.4 is 10.1 Å². The van der Waals surface area contributed by atoms with E-state index in [1.165, 1.54) is 35.7 Å². The van der Waals surface area contributed by atoms with E-state index in [1.807, 2.05) is 13.8 Å². The van der Waals surface area contributed by atoms with E-state index in [0.717, 1.165) is 5.56 Å². The van der Waals surface area contributed by atoms with Gasteiger partial charge in [-0.3, -0.25) is 4.79 Å². The van der Waals surface area contributed by atoms with Gasteiger partial charge in [-0.2, -0.15) is 4.31 Å². The summed E-state index contributed by atoms with van der Waals surface area (Å²) in [5.74, 6) is -0.636.